The summed E-state index contributed by atoms with van der Waals surface area (Å²) in [7, 11) is 1.61. The SMILES string of the molecule is COc1ccc(CNC(=O)[C@H]2Cc3ccccc3CN2C(=O)c2ccco2)cc1. The van der Waals surface area contributed by atoms with E-state index in [4.69, 9.17) is 9.15 Å². The molecule has 1 aliphatic rings. The van der Waals surface area contributed by atoms with Crippen LogP contribution in [0.15, 0.2) is 71.3 Å². The molecular formula is C23H22N2O4. The quantitative estimate of drug-likeness (QED) is 0.726. The average Bonchev–Trinajstić information content (AvgIpc) is 3.31. The summed E-state index contributed by atoms with van der Waals surface area (Å²) in [5.41, 5.74) is 3.09. The highest BCUT2D eigenvalue weighted by atomic mass is 16.5. The van der Waals surface area contributed by atoms with Gasteiger partial charge in [0, 0.05) is 19.5 Å². The molecule has 2 amide bonds. The van der Waals surface area contributed by atoms with Crippen LogP contribution in [-0.2, 0) is 24.3 Å². The number of hydrogen-bond acceptors (Lipinski definition) is 4. The van der Waals surface area contributed by atoms with Gasteiger partial charge in [-0.05, 0) is 41.0 Å². The van der Waals surface area contributed by atoms with Gasteiger partial charge in [-0.15, -0.1) is 0 Å². The third-order valence-electron chi connectivity index (χ3n) is 5.17. The number of nitrogens with zero attached hydrogens (tertiary/aromatic N) is 1. The lowest BCUT2D eigenvalue weighted by Gasteiger charge is -2.35. The minimum absolute atomic E-state index is 0.185. The molecule has 1 aliphatic heterocycles. The Morgan fingerprint density at radius 3 is 2.52 bits per heavy atom. The molecule has 4 rings (SSSR count). The van der Waals surface area contributed by atoms with E-state index in [2.05, 4.69) is 5.32 Å². The van der Waals surface area contributed by atoms with E-state index < -0.39 is 6.04 Å². The summed E-state index contributed by atoms with van der Waals surface area (Å²) in [5, 5.41) is 2.96. The molecule has 0 aliphatic carbocycles. The normalized spacial score (nSPS) is 15.5. The van der Waals surface area contributed by atoms with Crippen LogP contribution >= 0.6 is 0 Å². The van der Waals surface area contributed by atoms with Gasteiger partial charge in [-0.1, -0.05) is 36.4 Å². The van der Waals surface area contributed by atoms with Crippen molar-refractivity contribution in [3.05, 3.63) is 89.4 Å². The van der Waals surface area contributed by atoms with Crippen molar-refractivity contribution >= 4 is 11.8 Å². The molecule has 29 heavy (non-hydrogen) atoms. The van der Waals surface area contributed by atoms with Crippen molar-refractivity contribution in [2.24, 2.45) is 0 Å². The third kappa shape index (κ3) is 4.01. The molecule has 0 unspecified atom stereocenters. The summed E-state index contributed by atoms with van der Waals surface area (Å²) in [6.45, 7) is 0.750. The molecule has 6 heteroatoms. The maximum atomic E-state index is 13.0. The van der Waals surface area contributed by atoms with E-state index in [0.29, 0.717) is 19.5 Å². The van der Waals surface area contributed by atoms with Gasteiger partial charge < -0.3 is 19.4 Å². The maximum absolute atomic E-state index is 13.0. The van der Waals surface area contributed by atoms with Gasteiger partial charge in [-0.3, -0.25) is 9.59 Å². The van der Waals surface area contributed by atoms with Crippen molar-refractivity contribution in [2.45, 2.75) is 25.6 Å². The molecule has 0 bridgehead atoms. The number of nitrogens with one attached hydrogen (secondary N) is 1. The molecule has 0 spiro atoms. The second-order valence-electron chi connectivity index (χ2n) is 6.96. The molecule has 0 fully saturated rings. The number of rotatable bonds is 5. The fourth-order valence-electron chi connectivity index (χ4n) is 3.56. The number of fused-ring (bicyclic) bond motifs is 1. The number of furan rings is 1. The van der Waals surface area contributed by atoms with E-state index in [9.17, 15) is 9.59 Å². The second kappa shape index (κ2) is 8.22. The predicted molar refractivity (Wildman–Crippen MR) is 107 cm³/mol. The highest BCUT2D eigenvalue weighted by Crippen LogP contribution is 2.25. The molecule has 1 aromatic heterocycles. The Bertz CT molecular complexity index is 996. The minimum atomic E-state index is -0.597. The fraction of sp³-hybridized carbons (Fsp3) is 0.217. The summed E-state index contributed by atoms with van der Waals surface area (Å²) in [6, 6.07) is 18.1. The number of hydrogen-bond donors (Lipinski definition) is 1. The van der Waals surface area contributed by atoms with Crippen molar-refractivity contribution in [3.8, 4) is 5.75 Å². The molecule has 0 saturated carbocycles. The molecule has 6 nitrogen and oxygen atoms in total. The van der Waals surface area contributed by atoms with E-state index in [1.165, 1.54) is 6.26 Å². The number of methoxy groups -OCH3 is 1. The number of ether oxygens (including phenoxy) is 1. The zero-order valence-corrected chi connectivity index (χ0v) is 16.1. The van der Waals surface area contributed by atoms with Crippen LogP contribution in [0.1, 0.15) is 27.2 Å². The molecule has 0 saturated heterocycles. The minimum Gasteiger partial charge on any atom is -0.497 e. The van der Waals surface area contributed by atoms with E-state index in [1.807, 2.05) is 48.5 Å². The van der Waals surface area contributed by atoms with Gasteiger partial charge in [0.25, 0.3) is 5.91 Å². The molecular weight excluding hydrogens is 368 g/mol. The lowest BCUT2D eigenvalue weighted by Crippen LogP contribution is -2.52. The van der Waals surface area contributed by atoms with Crippen LogP contribution in [0.25, 0.3) is 0 Å². The summed E-state index contributed by atoms with van der Waals surface area (Å²) >= 11 is 0. The second-order valence-corrected chi connectivity index (χ2v) is 6.96. The van der Waals surface area contributed by atoms with Crippen LogP contribution in [0, 0.1) is 0 Å². The van der Waals surface area contributed by atoms with Crippen LogP contribution in [0.4, 0.5) is 0 Å². The van der Waals surface area contributed by atoms with Crippen LogP contribution < -0.4 is 10.1 Å². The van der Waals surface area contributed by atoms with Gasteiger partial charge in [-0.2, -0.15) is 0 Å². The fourth-order valence-corrected chi connectivity index (χ4v) is 3.56. The van der Waals surface area contributed by atoms with Gasteiger partial charge in [0.1, 0.15) is 11.8 Å². The van der Waals surface area contributed by atoms with E-state index in [0.717, 1.165) is 22.4 Å². The smallest absolute Gasteiger partial charge is 0.290 e. The Morgan fingerprint density at radius 1 is 1.07 bits per heavy atom. The van der Waals surface area contributed by atoms with Gasteiger partial charge >= 0.3 is 0 Å². The van der Waals surface area contributed by atoms with Gasteiger partial charge in [0.15, 0.2) is 5.76 Å². The van der Waals surface area contributed by atoms with E-state index >= 15 is 0 Å². The highest BCUT2D eigenvalue weighted by molar-refractivity contribution is 5.96. The molecule has 3 aromatic rings. The maximum Gasteiger partial charge on any atom is 0.290 e. The first-order valence-corrected chi connectivity index (χ1v) is 9.47. The Kier molecular flexibility index (Phi) is 5.33. The third-order valence-corrected chi connectivity index (χ3v) is 5.17. The molecule has 1 N–H and O–H groups in total. The Balaban J connectivity index is 1.53. The topological polar surface area (TPSA) is 71.8 Å². The molecule has 0 radical (unpaired) electrons. The largest absolute Gasteiger partial charge is 0.497 e. The van der Waals surface area contributed by atoms with Crippen molar-refractivity contribution in [1.29, 1.82) is 0 Å². The standard InChI is InChI=1S/C23H22N2O4/c1-28-19-10-8-16(9-11-19)14-24-22(26)20-13-17-5-2-3-6-18(17)15-25(20)23(27)21-7-4-12-29-21/h2-12,20H,13-15H2,1H3,(H,24,26)/t20-/m1/s1. The number of carbonyl (C=O) groups is 2. The zero-order valence-electron chi connectivity index (χ0n) is 16.1. The van der Waals surface area contributed by atoms with Crippen LogP contribution in [-0.4, -0.2) is 29.9 Å². The lowest BCUT2D eigenvalue weighted by molar-refractivity contribution is -0.126. The summed E-state index contributed by atoms with van der Waals surface area (Å²) in [4.78, 5) is 27.6. The van der Waals surface area contributed by atoms with Crippen molar-refractivity contribution in [1.82, 2.24) is 10.2 Å². The monoisotopic (exact) mass is 390 g/mol. The van der Waals surface area contributed by atoms with Gasteiger partial charge in [-0.25, -0.2) is 0 Å². The Morgan fingerprint density at radius 2 is 1.83 bits per heavy atom. The van der Waals surface area contributed by atoms with Crippen LogP contribution in [0.3, 0.4) is 0 Å². The molecule has 2 aromatic carbocycles. The van der Waals surface area contributed by atoms with E-state index in [1.54, 1.807) is 24.1 Å². The molecule has 2 heterocycles. The first-order valence-electron chi connectivity index (χ1n) is 9.47. The lowest BCUT2D eigenvalue weighted by atomic mass is 9.93. The van der Waals surface area contributed by atoms with Crippen LogP contribution in [0.5, 0.6) is 5.75 Å². The summed E-state index contributed by atoms with van der Waals surface area (Å²) in [5.74, 6) is 0.529. The average molecular weight is 390 g/mol. The van der Waals surface area contributed by atoms with Gasteiger partial charge in [0.2, 0.25) is 5.91 Å². The zero-order chi connectivity index (χ0) is 20.2. The Labute approximate surface area is 169 Å². The van der Waals surface area contributed by atoms with Crippen molar-refractivity contribution < 1.29 is 18.7 Å². The number of carbonyl (C=O) groups excluding carboxylic acids is 2. The predicted octanol–water partition coefficient (Wildman–Crippen LogP) is 3.17. The van der Waals surface area contributed by atoms with E-state index in [-0.39, 0.29) is 17.6 Å². The first-order chi connectivity index (χ1) is 14.2. The first kappa shape index (κ1) is 18.8. The van der Waals surface area contributed by atoms with Crippen LogP contribution in [0.2, 0.25) is 0 Å². The Hall–Kier alpha value is -3.54. The summed E-state index contributed by atoms with van der Waals surface area (Å²) in [6.07, 6.45) is 1.93. The molecule has 148 valence electrons. The number of amides is 2. The number of benzene rings is 2. The molecule has 1 atom stereocenters. The van der Waals surface area contributed by atoms with Crippen molar-refractivity contribution in [3.63, 3.8) is 0 Å². The van der Waals surface area contributed by atoms with Crippen molar-refractivity contribution in [2.75, 3.05) is 7.11 Å². The summed E-state index contributed by atoms with van der Waals surface area (Å²) < 4.78 is 10.4. The highest BCUT2D eigenvalue weighted by Gasteiger charge is 2.35. The van der Waals surface area contributed by atoms with Gasteiger partial charge in [0.05, 0.1) is 13.4 Å².